The summed E-state index contributed by atoms with van der Waals surface area (Å²) >= 11 is 0. The molecule has 3 rings (SSSR count). The average molecular weight is 351 g/mol. The molecule has 0 spiro atoms. The number of carbonyl (C=O) groups is 2. The van der Waals surface area contributed by atoms with Crippen molar-refractivity contribution in [2.24, 2.45) is 16.1 Å². The zero-order valence-electron chi connectivity index (χ0n) is 15.0. The molecule has 0 saturated heterocycles. The standard InChI is InChI=1S/C19H21N5O2/c1-19(2,3)15(25)11-24-14-7-5-4-6-12(14)16(23-17(20)18(24)26)13-10-21-8-9-22-13/h4-10,17H,11,20H2,1-3H3/t17-/m0/s1. The quantitative estimate of drug-likeness (QED) is 0.904. The van der Waals surface area contributed by atoms with E-state index in [9.17, 15) is 9.59 Å². The van der Waals surface area contributed by atoms with Crippen LogP contribution >= 0.6 is 0 Å². The van der Waals surface area contributed by atoms with Crippen LogP contribution in [0.5, 0.6) is 0 Å². The number of para-hydroxylation sites is 1. The Morgan fingerprint density at radius 3 is 2.62 bits per heavy atom. The third-order valence-electron chi connectivity index (χ3n) is 4.18. The lowest BCUT2D eigenvalue weighted by Crippen LogP contribution is -2.46. The van der Waals surface area contributed by atoms with Gasteiger partial charge in [-0.2, -0.15) is 0 Å². The second kappa shape index (κ2) is 6.76. The van der Waals surface area contributed by atoms with Crippen LogP contribution < -0.4 is 10.6 Å². The molecule has 7 heteroatoms. The monoisotopic (exact) mass is 351 g/mol. The minimum atomic E-state index is -1.12. The number of nitrogens with two attached hydrogens (primary N) is 1. The third-order valence-corrected chi connectivity index (χ3v) is 4.18. The van der Waals surface area contributed by atoms with Gasteiger partial charge in [-0.15, -0.1) is 0 Å². The summed E-state index contributed by atoms with van der Waals surface area (Å²) < 4.78 is 0. The van der Waals surface area contributed by atoms with E-state index in [1.54, 1.807) is 24.7 Å². The molecule has 0 aliphatic carbocycles. The molecule has 1 atom stereocenters. The maximum atomic E-state index is 12.9. The predicted octanol–water partition coefficient (Wildman–Crippen LogP) is 1.56. The van der Waals surface area contributed by atoms with Gasteiger partial charge >= 0.3 is 0 Å². The number of benzene rings is 1. The Balaban J connectivity index is 2.12. The van der Waals surface area contributed by atoms with Crippen molar-refractivity contribution in [1.29, 1.82) is 0 Å². The number of aromatic nitrogens is 2. The van der Waals surface area contributed by atoms with Crippen LogP contribution in [0, 0.1) is 5.41 Å². The maximum absolute atomic E-state index is 12.9. The van der Waals surface area contributed by atoms with Crippen LogP contribution in [-0.4, -0.2) is 40.1 Å². The first-order valence-corrected chi connectivity index (χ1v) is 8.33. The summed E-state index contributed by atoms with van der Waals surface area (Å²) in [4.78, 5) is 39.6. The van der Waals surface area contributed by atoms with Crippen molar-refractivity contribution in [3.05, 3.63) is 54.1 Å². The highest BCUT2D eigenvalue weighted by Crippen LogP contribution is 2.28. The lowest BCUT2D eigenvalue weighted by molar-refractivity contribution is -0.127. The minimum Gasteiger partial charge on any atom is -0.302 e. The fraction of sp³-hybridized carbons (Fsp3) is 0.316. The fourth-order valence-electron chi connectivity index (χ4n) is 2.62. The summed E-state index contributed by atoms with van der Waals surface area (Å²) in [5.74, 6) is -0.482. The van der Waals surface area contributed by atoms with Gasteiger partial charge in [0.05, 0.1) is 24.1 Å². The number of rotatable bonds is 3. The molecule has 1 amide bonds. The number of anilines is 1. The molecule has 1 aromatic heterocycles. The maximum Gasteiger partial charge on any atom is 0.266 e. The number of Topliss-reactive ketones (excluding diaryl/α,β-unsaturated/α-hetero) is 1. The number of aliphatic imine (C=N–C) groups is 1. The zero-order chi connectivity index (χ0) is 18.9. The summed E-state index contributed by atoms with van der Waals surface area (Å²) in [7, 11) is 0. The van der Waals surface area contributed by atoms with Gasteiger partial charge in [0, 0.05) is 23.4 Å². The highest BCUT2D eigenvalue weighted by Gasteiger charge is 2.33. The van der Waals surface area contributed by atoms with E-state index >= 15 is 0 Å². The Morgan fingerprint density at radius 1 is 1.23 bits per heavy atom. The van der Waals surface area contributed by atoms with Crippen LogP contribution in [0.2, 0.25) is 0 Å². The van der Waals surface area contributed by atoms with E-state index in [0.717, 1.165) is 0 Å². The zero-order valence-corrected chi connectivity index (χ0v) is 15.0. The summed E-state index contributed by atoms with van der Waals surface area (Å²) in [5.41, 5.74) is 7.74. The first-order chi connectivity index (χ1) is 12.3. The summed E-state index contributed by atoms with van der Waals surface area (Å²) in [6, 6.07) is 7.28. The van der Waals surface area contributed by atoms with Crippen LogP contribution in [0.4, 0.5) is 5.69 Å². The van der Waals surface area contributed by atoms with Gasteiger partial charge in [0.15, 0.2) is 11.9 Å². The highest BCUT2D eigenvalue weighted by molar-refractivity contribution is 6.19. The Kier molecular flexibility index (Phi) is 4.65. The van der Waals surface area contributed by atoms with Crippen LogP contribution in [0.25, 0.3) is 0 Å². The lowest BCUT2D eigenvalue weighted by atomic mass is 9.90. The molecule has 2 aromatic rings. The second-order valence-corrected chi connectivity index (χ2v) is 7.13. The van der Waals surface area contributed by atoms with Crippen molar-refractivity contribution in [1.82, 2.24) is 9.97 Å². The van der Waals surface area contributed by atoms with Gasteiger partial charge < -0.3 is 10.6 Å². The highest BCUT2D eigenvalue weighted by atomic mass is 16.2. The number of hydrogen-bond donors (Lipinski definition) is 1. The number of amides is 1. The summed E-state index contributed by atoms with van der Waals surface area (Å²) in [5, 5.41) is 0. The van der Waals surface area contributed by atoms with Gasteiger partial charge in [-0.25, -0.2) is 0 Å². The number of hydrogen-bond acceptors (Lipinski definition) is 6. The molecule has 0 radical (unpaired) electrons. The summed E-state index contributed by atoms with van der Waals surface area (Å²) in [6.45, 7) is 5.41. The molecule has 7 nitrogen and oxygen atoms in total. The minimum absolute atomic E-state index is 0.0592. The largest absolute Gasteiger partial charge is 0.302 e. The molecule has 0 unspecified atom stereocenters. The van der Waals surface area contributed by atoms with E-state index < -0.39 is 17.5 Å². The third kappa shape index (κ3) is 3.39. The van der Waals surface area contributed by atoms with Gasteiger partial charge in [-0.1, -0.05) is 39.0 Å². The normalized spacial score (nSPS) is 17.4. The SMILES string of the molecule is CC(C)(C)C(=O)CN1C(=O)[C@@H](N)N=C(c2cnccn2)c2ccccc21. The molecule has 2 heterocycles. The van der Waals surface area contributed by atoms with E-state index in [4.69, 9.17) is 5.73 Å². The van der Waals surface area contributed by atoms with E-state index in [1.807, 2.05) is 39.0 Å². The molecular weight excluding hydrogens is 330 g/mol. The Morgan fingerprint density at radius 2 is 1.96 bits per heavy atom. The predicted molar refractivity (Wildman–Crippen MR) is 98.9 cm³/mol. The van der Waals surface area contributed by atoms with Crippen molar-refractivity contribution < 1.29 is 9.59 Å². The van der Waals surface area contributed by atoms with Crippen molar-refractivity contribution in [2.75, 3.05) is 11.4 Å². The first kappa shape index (κ1) is 17.9. The van der Waals surface area contributed by atoms with Gasteiger partial charge in [0.1, 0.15) is 5.69 Å². The molecular formula is C19H21N5O2. The molecule has 1 aliphatic heterocycles. The van der Waals surface area contributed by atoms with Crippen molar-refractivity contribution in [3.63, 3.8) is 0 Å². The first-order valence-electron chi connectivity index (χ1n) is 8.33. The number of ketones is 1. The van der Waals surface area contributed by atoms with Gasteiger partial charge in [-0.05, 0) is 6.07 Å². The molecule has 0 bridgehead atoms. The van der Waals surface area contributed by atoms with Crippen LogP contribution in [0.3, 0.4) is 0 Å². The lowest BCUT2D eigenvalue weighted by Gasteiger charge is -2.27. The number of carbonyl (C=O) groups excluding carboxylic acids is 2. The molecule has 1 aliphatic rings. The second-order valence-electron chi connectivity index (χ2n) is 7.13. The van der Waals surface area contributed by atoms with E-state index in [-0.39, 0.29) is 12.3 Å². The van der Waals surface area contributed by atoms with E-state index in [1.165, 1.54) is 4.90 Å². The smallest absolute Gasteiger partial charge is 0.266 e. The van der Waals surface area contributed by atoms with Gasteiger partial charge in [0.25, 0.3) is 5.91 Å². The Labute approximate surface area is 152 Å². The Hall–Kier alpha value is -2.93. The molecule has 1 aromatic carbocycles. The molecule has 134 valence electrons. The fourth-order valence-corrected chi connectivity index (χ4v) is 2.62. The molecule has 2 N–H and O–H groups in total. The molecule has 26 heavy (non-hydrogen) atoms. The van der Waals surface area contributed by atoms with Crippen molar-refractivity contribution >= 4 is 23.1 Å². The topological polar surface area (TPSA) is 102 Å². The van der Waals surface area contributed by atoms with Crippen LogP contribution in [0.1, 0.15) is 32.0 Å². The van der Waals surface area contributed by atoms with Gasteiger partial charge in [0.2, 0.25) is 0 Å². The van der Waals surface area contributed by atoms with Crippen molar-refractivity contribution in [2.45, 2.75) is 26.9 Å². The Bertz CT molecular complexity index is 871. The van der Waals surface area contributed by atoms with Crippen molar-refractivity contribution in [3.8, 4) is 0 Å². The van der Waals surface area contributed by atoms with E-state index in [2.05, 4.69) is 15.0 Å². The molecule has 0 saturated carbocycles. The number of fused-ring (bicyclic) bond motifs is 1. The van der Waals surface area contributed by atoms with Gasteiger partial charge in [-0.3, -0.25) is 24.5 Å². The number of benzodiazepines with no additional fused rings is 1. The molecule has 0 fully saturated rings. The number of nitrogens with zero attached hydrogens (tertiary/aromatic N) is 4. The van der Waals surface area contributed by atoms with E-state index in [0.29, 0.717) is 22.7 Å². The summed E-state index contributed by atoms with van der Waals surface area (Å²) in [6.07, 6.45) is 3.57. The average Bonchev–Trinajstić information content (AvgIpc) is 2.72. The van der Waals surface area contributed by atoms with Crippen LogP contribution in [0.15, 0.2) is 47.8 Å². The van der Waals surface area contributed by atoms with Crippen LogP contribution in [-0.2, 0) is 9.59 Å².